The third-order valence-electron chi connectivity index (χ3n) is 4.09. The van der Waals surface area contributed by atoms with Crippen molar-refractivity contribution in [3.63, 3.8) is 0 Å². The summed E-state index contributed by atoms with van der Waals surface area (Å²) in [7, 11) is 0. The molecule has 0 aliphatic carbocycles. The predicted molar refractivity (Wildman–Crippen MR) is 119 cm³/mol. The SMILES string of the molecule is CC(C)CN(Cc1csc(COc2ccc(Cl)cc2)n1)C(=O)c1ccc(Cl)cc1. The molecule has 0 saturated carbocycles. The summed E-state index contributed by atoms with van der Waals surface area (Å²) in [5.41, 5.74) is 1.48. The standard InChI is InChI=1S/C22H22Cl2N2O2S/c1-15(2)11-26(22(27)16-3-5-17(23)6-4-16)12-19-14-29-21(25-19)13-28-20-9-7-18(24)8-10-20/h3-10,14-15H,11-13H2,1-2H3. The Hall–Kier alpha value is -2.08. The van der Waals surface area contributed by atoms with Gasteiger partial charge in [-0.05, 0) is 54.4 Å². The average molecular weight is 449 g/mol. The highest BCUT2D eigenvalue weighted by Crippen LogP contribution is 2.20. The van der Waals surface area contributed by atoms with Gasteiger partial charge in [0.2, 0.25) is 0 Å². The van der Waals surface area contributed by atoms with Crippen molar-refractivity contribution in [3.05, 3.63) is 80.2 Å². The van der Waals surface area contributed by atoms with Gasteiger partial charge in [-0.2, -0.15) is 0 Å². The third-order valence-corrected chi connectivity index (χ3v) is 5.47. The smallest absolute Gasteiger partial charge is 0.254 e. The Balaban J connectivity index is 1.65. The molecule has 0 N–H and O–H groups in total. The molecule has 0 saturated heterocycles. The number of carbonyl (C=O) groups is 1. The Kier molecular flexibility index (Phi) is 7.53. The number of rotatable bonds is 8. The predicted octanol–water partition coefficient (Wildman–Crippen LogP) is 6.33. The Morgan fingerprint density at radius 3 is 2.31 bits per heavy atom. The first-order valence-electron chi connectivity index (χ1n) is 9.27. The summed E-state index contributed by atoms with van der Waals surface area (Å²) in [6, 6.07) is 14.2. The van der Waals surface area contributed by atoms with E-state index in [-0.39, 0.29) is 5.91 Å². The highest BCUT2D eigenvalue weighted by molar-refractivity contribution is 7.09. The normalized spacial score (nSPS) is 10.9. The van der Waals surface area contributed by atoms with Crippen LogP contribution in [0.4, 0.5) is 0 Å². The molecule has 1 aromatic heterocycles. The summed E-state index contributed by atoms with van der Waals surface area (Å²) in [5.74, 6) is 1.06. The van der Waals surface area contributed by atoms with Crippen LogP contribution in [-0.2, 0) is 13.2 Å². The molecule has 152 valence electrons. The van der Waals surface area contributed by atoms with Crippen molar-refractivity contribution < 1.29 is 9.53 Å². The number of halogens is 2. The van der Waals surface area contributed by atoms with Gasteiger partial charge in [0.25, 0.3) is 5.91 Å². The molecule has 0 aliphatic heterocycles. The van der Waals surface area contributed by atoms with Crippen molar-refractivity contribution in [2.24, 2.45) is 5.92 Å². The highest BCUT2D eigenvalue weighted by atomic mass is 35.5. The second-order valence-electron chi connectivity index (χ2n) is 7.06. The van der Waals surface area contributed by atoms with Gasteiger partial charge in [0, 0.05) is 27.5 Å². The molecule has 1 heterocycles. The van der Waals surface area contributed by atoms with E-state index in [9.17, 15) is 4.79 Å². The first-order chi connectivity index (χ1) is 13.9. The Morgan fingerprint density at radius 1 is 1.07 bits per heavy atom. The van der Waals surface area contributed by atoms with Crippen LogP contribution in [0.5, 0.6) is 5.75 Å². The van der Waals surface area contributed by atoms with Crippen LogP contribution in [0.2, 0.25) is 10.0 Å². The van der Waals surface area contributed by atoms with Crippen LogP contribution < -0.4 is 4.74 Å². The van der Waals surface area contributed by atoms with Crippen LogP contribution >= 0.6 is 34.5 Å². The molecule has 2 aromatic carbocycles. The van der Waals surface area contributed by atoms with Crippen molar-refractivity contribution in [2.75, 3.05) is 6.54 Å². The van der Waals surface area contributed by atoms with Gasteiger partial charge in [0.1, 0.15) is 17.4 Å². The summed E-state index contributed by atoms with van der Waals surface area (Å²) in [4.78, 5) is 19.4. The highest BCUT2D eigenvalue weighted by Gasteiger charge is 2.19. The van der Waals surface area contributed by atoms with Crippen LogP contribution in [0.1, 0.15) is 34.9 Å². The summed E-state index contributed by atoms with van der Waals surface area (Å²) in [5, 5.41) is 4.12. The van der Waals surface area contributed by atoms with Crippen molar-refractivity contribution in [1.29, 1.82) is 0 Å². The zero-order chi connectivity index (χ0) is 20.8. The quantitative estimate of drug-likeness (QED) is 0.404. The lowest BCUT2D eigenvalue weighted by Gasteiger charge is -2.24. The number of aromatic nitrogens is 1. The fourth-order valence-electron chi connectivity index (χ4n) is 2.79. The maximum Gasteiger partial charge on any atom is 0.254 e. The summed E-state index contributed by atoms with van der Waals surface area (Å²) in [6.07, 6.45) is 0. The van der Waals surface area contributed by atoms with E-state index in [0.29, 0.717) is 41.2 Å². The zero-order valence-corrected chi connectivity index (χ0v) is 18.6. The van der Waals surface area contributed by atoms with E-state index >= 15 is 0 Å². The van der Waals surface area contributed by atoms with Gasteiger partial charge < -0.3 is 9.64 Å². The van der Waals surface area contributed by atoms with Gasteiger partial charge in [-0.3, -0.25) is 4.79 Å². The number of hydrogen-bond donors (Lipinski definition) is 0. The van der Waals surface area contributed by atoms with E-state index in [1.807, 2.05) is 22.4 Å². The first-order valence-corrected chi connectivity index (χ1v) is 10.9. The van der Waals surface area contributed by atoms with Gasteiger partial charge in [0.05, 0.1) is 12.2 Å². The number of benzene rings is 2. The maximum absolute atomic E-state index is 13.0. The Labute approximate surface area is 185 Å². The fourth-order valence-corrected chi connectivity index (χ4v) is 3.74. The number of ether oxygens (including phenoxy) is 1. The van der Waals surface area contributed by atoms with Crippen LogP contribution in [0, 0.1) is 5.92 Å². The number of hydrogen-bond acceptors (Lipinski definition) is 4. The number of nitrogens with zero attached hydrogens (tertiary/aromatic N) is 2. The molecule has 0 spiro atoms. The summed E-state index contributed by atoms with van der Waals surface area (Å²) >= 11 is 13.4. The summed E-state index contributed by atoms with van der Waals surface area (Å²) in [6.45, 7) is 5.66. The lowest BCUT2D eigenvalue weighted by molar-refractivity contribution is 0.0720. The van der Waals surface area contributed by atoms with E-state index in [1.54, 1.807) is 36.4 Å². The zero-order valence-electron chi connectivity index (χ0n) is 16.3. The lowest BCUT2D eigenvalue weighted by Crippen LogP contribution is -2.33. The molecule has 3 aromatic rings. The molecule has 3 rings (SSSR count). The van der Waals surface area contributed by atoms with E-state index in [2.05, 4.69) is 18.8 Å². The molecule has 0 unspecified atom stereocenters. The van der Waals surface area contributed by atoms with Crippen LogP contribution in [-0.4, -0.2) is 22.3 Å². The van der Waals surface area contributed by atoms with E-state index < -0.39 is 0 Å². The minimum Gasteiger partial charge on any atom is -0.486 e. The largest absolute Gasteiger partial charge is 0.486 e. The Morgan fingerprint density at radius 2 is 1.69 bits per heavy atom. The third kappa shape index (κ3) is 6.46. The molecular formula is C22H22Cl2N2O2S. The topological polar surface area (TPSA) is 42.4 Å². The fraction of sp³-hybridized carbons (Fsp3) is 0.273. The van der Waals surface area contributed by atoms with Crippen molar-refractivity contribution in [1.82, 2.24) is 9.88 Å². The van der Waals surface area contributed by atoms with Gasteiger partial charge in [-0.15, -0.1) is 11.3 Å². The molecule has 4 nitrogen and oxygen atoms in total. The molecule has 0 atom stereocenters. The lowest BCUT2D eigenvalue weighted by atomic mass is 10.1. The second kappa shape index (κ2) is 10.1. The minimum absolute atomic E-state index is 0.0256. The molecule has 0 aliphatic rings. The van der Waals surface area contributed by atoms with Crippen LogP contribution in [0.15, 0.2) is 53.9 Å². The van der Waals surface area contributed by atoms with E-state index in [1.165, 1.54) is 11.3 Å². The number of amides is 1. The molecule has 29 heavy (non-hydrogen) atoms. The molecular weight excluding hydrogens is 427 g/mol. The molecule has 0 bridgehead atoms. The van der Waals surface area contributed by atoms with Crippen molar-refractivity contribution in [3.8, 4) is 5.75 Å². The van der Waals surface area contributed by atoms with Crippen LogP contribution in [0.3, 0.4) is 0 Å². The van der Waals surface area contributed by atoms with E-state index in [4.69, 9.17) is 27.9 Å². The number of thiazole rings is 1. The molecule has 7 heteroatoms. The average Bonchev–Trinajstić information content (AvgIpc) is 3.14. The van der Waals surface area contributed by atoms with E-state index in [0.717, 1.165) is 16.5 Å². The monoisotopic (exact) mass is 448 g/mol. The maximum atomic E-state index is 13.0. The Bertz CT molecular complexity index is 940. The number of carbonyl (C=O) groups excluding carboxylic acids is 1. The first kappa shape index (κ1) is 21.6. The van der Waals surface area contributed by atoms with Crippen molar-refractivity contribution >= 4 is 40.4 Å². The second-order valence-corrected chi connectivity index (χ2v) is 8.88. The van der Waals surface area contributed by atoms with Gasteiger partial charge in [-0.25, -0.2) is 4.98 Å². The van der Waals surface area contributed by atoms with Crippen LogP contribution in [0.25, 0.3) is 0 Å². The summed E-state index contributed by atoms with van der Waals surface area (Å²) < 4.78 is 5.75. The van der Waals surface area contributed by atoms with Gasteiger partial charge >= 0.3 is 0 Å². The minimum atomic E-state index is -0.0256. The van der Waals surface area contributed by atoms with Gasteiger partial charge in [0.15, 0.2) is 0 Å². The van der Waals surface area contributed by atoms with Crippen molar-refractivity contribution in [2.45, 2.75) is 27.0 Å². The molecule has 1 amide bonds. The van der Waals surface area contributed by atoms with Gasteiger partial charge in [-0.1, -0.05) is 37.0 Å². The molecule has 0 radical (unpaired) electrons. The molecule has 0 fully saturated rings.